The van der Waals surface area contributed by atoms with Gasteiger partial charge in [0.2, 0.25) is 0 Å². The first kappa shape index (κ1) is 16.5. The topological polar surface area (TPSA) is 65.2 Å². The van der Waals surface area contributed by atoms with Crippen LogP contribution in [0.1, 0.15) is 19.3 Å². The van der Waals surface area contributed by atoms with Gasteiger partial charge < -0.3 is 10.6 Å². The van der Waals surface area contributed by atoms with Crippen LogP contribution in [0, 0.1) is 5.92 Å². The maximum absolute atomic E-state index is 12.6. The number of hydrogen-bond donors (Lipinski definition) is 4. The Morgan fingerprint density at radius 2 is 2.13 bits per heavy atom. The second kappa shape index (κ2) is 7.46. The Kier molecular flexibility index (Phi) is 5.34. The summed E-state index contributed by atoms with van der Waals surface area (Å²) < 4.78 is 25.1. The molecule has 2 aliphatic rings. The molecule has 3 atom stereocenters. The Balaban J connectivity index is 1.55. The van der Waals surface area contributed by atoms with Crippen molar-refractivity contribution in [3.63, 3.8) is 0 Å². The van der Waals surface area contributed by atoms with Crippen molar-refractivity contribution in [1.82, 2.24) is 16.2 Å². The fourth-order valence-corrected chi connectivity index (χ4v) is 3.81. The van der Waals surface area contributed by atoms with E-state index in [0.717, 1.165) is 25.8 Å². The highest BCUT2D eigenvalue weighted by atomic mass is 32.2. The van der Waals surface area contributed by atoms with Crippen LogP contribution in [0.3, 0.4) is 0 Å². The Hall–Kier alpha value is -1.38. The number of para-hydroxylation sites is 1. The molecule has 8 heteroatoms. The standard InChI is InChI=1S/C15H20F2N4OS/c16-14(17)23-13-4-2-1-3-11(13)20-15(22)19-10-6-5-9-8-18-21-12(9)7-10/h1-4,9-10,12,14,18,21H,5-8H2,(H2,19,20,22). The number of urea groups is 1. The van der Waals surface area contributed by atoms with Crippen LogP contribution in [0.25, 0.3) is 0 Å². The molecule has 5 nitrogen and oxygen atoms in total. The first-order chi connectivity index (χ1) is 11.1. The lowest BCUT2D eigenvalue weighted by Gasteiger charge is -2.31. The summed E-state index contributed by atoms with van der Waals surface area (Å²) in [6.45, 7) is 0.974. The van der Waals surface area contributed by atoms with Crippen LogP contribution in [0.15, 0.2) is 29.2 Å². The predicted octanol–water partition coefficient (Wildman–Crippen LogP) is 2.77. The summed E-state index contributed by atoms with van der Waals surface area (Å²) >= 11 is 0.432. The molecule has 1 aromatic carbocycles. The van der Waals surface area contributed by atoms with Gasteiger partial charge in [-0.2, -0.15) is 8.78 Å². The van der Waals surface area contributed by atoms with Crippen molar-refractivity contribution in [1.29, 1.82) is 0 Å². The fraction of sp³-hybridized carbons (Fsp3) is 0.533. The zero-order valence-electron chi connectivity index (χ0n) is 12.5. The van der Waals surface area contributed by atoms with Gasteiger partial charge in [-0.15, -0.1) is 0 Å². The minimum absolute atomic E-state index is 0.0959. The lowest BCUT2D eigenvalue weighted by atomic mass is 9.83. The number of hydrazine groups is 1. The first-order valence-corrected chi connectivity index (χ1v) is 8.59. The Bertz CT molecular complexity index is 560. The molecule has 1 saturated carbocycles. The van der Waals surface area contributed by atoms with Gasteiger partial charge in [0.05, 0.1) is 5.69 Å². The molecule has 1 saturated heterocycles. The van der Waals surface area contributed by atoms with E-state index in [2.05, 4.69) is 21.5 Å². The third-order valence-corrected chi connectivity index (χ3v) is 5.12. The van der Waals surface area contributed by atoms with Crippen molar-refractivity contribution < 1.29 is 13.6 Å². The predicted molar refractivity (Wildman–Crippen MR) is 86.5 cm³/mol. The normalized spacial score (nSPS) is 26.8. The van der Waals surface area contributed by atoms with E-state index in [9.17, 15) is 13.6 Å². The monoisotopic (exact) mass is 342 g/mol. The SMILES string of the molecule is O=C(Nc1ccccc1SC(F)F)NC1CCC2CNNC2C1. The van der Waals surface area contributed by atoms with Crippen molar-refractivity contribution in [2.75, 3.05) is 11.9 Å². The highest BCUT2D eigenvalue weighted by Gasteiger charge is 2.34. The number of alkyl halides is 2. The van der Waals surface area contributed by atoms with Crippen molar-refractivity contribution in [3.8, 4) is 0 Å². The van der Waals surface area contributed by atoms with Crippen molar-refractivity contribution >= 4 is 23.5 Å². The lowest BCUT2D eigenvalue weighted by molar-refractivity contribution is 0.233. The first-order valence-electron chi connectivity index (χ1n) is 7.71. The van der Waals surface area contributed by atoms with Gasteiger partial charge in [-0.1, -0.05) is 23.9 Å². The zero-order chi connectivity index (χ0) is 16.2. The number of rotatable bonds is 4. The molecule has 126 valence electrons. The number of anilines is 1. The quantitative estimate of drug-likeness (QED) is 0.636. The second-order valence-corrected chi connectivity index (χ2v) is 6.91. The summed E-state index contributed by atoms with van der Waals surface area (Å²) in [4.78, 5) is 12.5. The molecule has 2 fully saturated rings. The molecule has 0 spiro atoms. The van der Waals surface area contributed by atoms with Gasteiger partial charge in [0.25, 0.3) is 5.76 Å². The van der Waals surface area contributed by atoms with Gasteiger partial charge >= 0.3 is 6.03 Å². The number of carbonyl (C=O) groups excluding carboxylic acids is 1. The summed E-state index contributed by atoms with van der Waals surface area (Å²) in [5, 5.41) is 5.63. The average Bonchev–Trinajstić information content (AvgIpc) is 2.96. The number of amides is 2. The third-order valence-electron chi connectivity index (χ3n) is 4.33. The fourth-order valence-electron chi connectivity index (χ4n) is 3.22. The maximum Gasteiger partial charge on any atom is 0.319 e. The van der Waals surface area contributed by atoms with E-state index in [1.807, 2.05) is 0 Å². The maximum atomic E-state index is 12.6. The van der Waals surface area contributed by atoms with Crippen LogP contribution in [0.4, 0.5) is 19.3 Å². The van der Waals surface area contributed by atoms with Gasteiger partial charge in [-0.3, -0.25) is 10.9 Å². The average molecular weight is 342 g/mol. The summed E-state index contributed by atoms with van der Waals surface area (Å²) in [6, 6.07) is 6.73. The molecule has 3 rings (SSSR count). The highest BCUT2D eigenvalue weighted by Crippen LogP contribution is 2.32. The van der Waals surface area contributed by atoms with E-state index in [1.54, 1.807) is 24.3 Å². The van der Waals surface area contributed by atoms with Crippen LogP contribution < -0.4 is 21.5 Å². The molecule has 0 bridgehead atoms. The van der Waals surface area contributed by atoms with Crippen molar-refractivity contribution in [3.05, 3.63) is 24.3 Å². The van der Waals surface area contributed by atoms with E-state index in [4.69, 9.17) is 0 Å². The molecule has 1 aromatic rings. The van der Waals surface area contributed by atoms with Crippen LogP contribution in [-0.4, -0.2) is 30.4 Å². The molecule has 0 aromatic heterocycles. The number of hydrogen-bond acceptors (Lipinski definition) is 4. The molecule has 1 heterocycles. The van der Waals surface area contributed by atoms with Gasteiger partial charge in [0.15, 0.2) is 0 Å². The number of benzene rings is 1. The molecular weight excluding hydrogens is 322 g/mol. The number of halogens is 2. The van der Waals surface area contributed by atoms with Crippen LogP contribution in [-0.2, 0) is 0 Å². The smallest absolute Gasteiger partial charge is 0.319 e. The van der Waals surface area contributed by atoms with Crippen LogP contribution in [0.5, 0.6) is 0 Å². The van der Waals surface area contributed by atoms with E-state index < -0.39 is 5.76 Å². The molecule has 1 aliphatic heterocycles. The minimum Gasteiger partial charge on any atom is -0.335 e. The van der Waals surface area contributed by atoms with Gasteiger partial charge in [-0.05, 0) is 37.3 Å². The summed E-state index contributed by atoms with van der Waals surface area (Å²) in [5.41, 5.74) is 6.79. The lowest BCUT2D eigenvalue weighted by Crippen LogP contribution is -2.46. The molecule has 3 unspecified atom stereocenters. The second-order valence-electron chi connectivity index (χ2n) is 5.87. The minimum atomic E-state index is -2.52. The third kappa shape index (κ3) is 4.33. The molecular formula is C15H20F2N4OS. The molecule has 4 N–H and O–H groups in total. The number of carbonyl (C=O) groups is 1. The summed E-state index contributed by atoms with van der Waals surface area (Å²) in [7, 11) is 0. The summed E-state index contributed by atoms with van der Waals surface area (Å²) in [5.74, 6) is -1.89. The van der Waals surface area contributed by atoms with Gasteiger partial charge in [0, 0.05) is 23.5 Å². The number of fused-ring (bicyclic) bond motifs is 1. The molecule has 23 heavy (non-hydrogen) atoms. The summed E-state index contributed by atoms with van der Waals surface area (Å²) in [6.07, 6.45) is 2.87. The molecule has 2 amide bonds. The van der Waals surface area contributed by atoms with Crippen molar-refractivity contribution in [2.24, 2.45) is 5.92 Å². The molecule has 0 radical (unpaired) electrons. The van der Waals surface area contributed by atoms with E-state index in [0.29, 0.717) is 34.3 Å². The van der Waals surface area contributed by atoms with Gasteiger partial charge in [-0.25, -0.2) is 4.79 Å². The van der Waals surface area contributed by atoms with Crippen LogP contribution >= 0.6 is 11.8 Å². The molecule has 1 aliphatic carbocycles. The van der Waals surface area contributed by atoms with E-state index in [-0.39, 0.29) is 12.1 Å². The largest absolute Gasteiger partial charge is 0.335 e. The van der Waals surface area contributed by atoms with E-state index in [1.165, 1.54) is 0 Å². The number of thioether (sulfide) groups is 1. The highest BCUT2D eigenvalue weighted by molar-refractivity contribution is 7.99. The Morgan fingerprint density at radius 1 is 1.30 bits per heavy atom. The Labute approximate surface area is 137 Å². The van der Waals surface area contributed by atoms with Gasteiger partial charge in [0.1, 0.15) is 0 Å². The zero-order valence-corrected chi connectivity index (χ0v) is 13.3. The van der Waals surface area contributed by atoms with E-state index >= 15 is 0 Å². The van der Waals surface area contributed by atoms with Crippen LogP contribution in [0.2, 0.25) is 0 Å². The Morgan fingerprint density at radius 3 is 2.96 bits per heavy atom. The van der Waals surface area contributed by atoms with Crippen molar-refractivity contribution in [2.45, 2.75) is 42.0 Å². The number of nitrogens with one attached hydrogen (secondary N) is 4.